The highest BCUT2D eigenvalue weighted by Crippen LogP contribution is 2.44. The number of hydrogen-bond donors (Lipinski definition) is 3. The molecule has 0 bridgehead atoms. The Kier molecular flexibility index (Phi) is 5.11. The lowest BCUT2D eigenvalue weighted by molar-refractivity contribution is -0.151. The molecule has 4 heterocycles. The van der Waals surface area contributed by atoms with E-state index in [1.54, 1.807) is 6.92 Å². The lowest BCUT2D eigenvalue weighted by Crippen LogP contribution is -2.70. The van der Waals surface area contributed by atoms with Crippen molar-refractivity contribution in [1.82, 2.24) is 15.2 Å². The van der Waals surface area contributed by atoms with Crippen LogP contribution in [0.5, 0.6) is 0 Å². The molecule has 1 fully saturated rings. The Morgan fingerprint density at radius 2 is 2.27 bits per heavy atom. The largest absolute Gasteiger partial charge is 0.479 e. The molecule has 3 atom stereocenters. The number of nitrogens with zero attached hydrogens (tertiary/aromatic N) is 3. The van der Waals surface area contributed by atoms with Gasteiger partial charge >= 0.3 is 11.9 Å². The van der Waals surface area contributed by atoms with Crippen molar-refractivity contribution in [3.63, 3.8) is 0 Å². The molecule has 0 aromatic carbocycles. The molecular weight excluding hydrogens is 438 g/mol. The lowest BCUT2D eigenvalue weighted by atomic mass is 10.0. The highest BCUT2D eigenvalue weighted by molar-refractivity contribution is 8.00. The van der Waals surface area contributed by atoms with E-state index in [4.69, 9.17) is 15.6 Å². The second kappa shape index (κ2) is 7.60. The zero-order valence-corrected chi connectivity index (χ0v) is 17.0. The number of nitrogens with two attached hydrogens (primary N) is 1. The Morgan fingerprint density at radius 3 is 2.93 bits per heavy atom. The molecule has 0 spiro atoms. The van der Waals surface area contributed by atoms with Crippen LogP contribution in [0, 0.1) is 0 Å². The molecule has 0 aliphatic carbocycles. The first-order chi connectivity index (χ1) is 14.3. The van der Waals surface area contributed by atoms with Crippen molar-refractivity contribution in [3.05, 3.63) is 22.3 Å². The summed E-state index contributed by atoms with van der Waals surface area (Å²) in [5.74, 6) is -2.58. The number of ether oxygens (including phenoxy) is 1. The van der Waals surface area contributed by atoms with Gasteiger partial charge in [-0.1, -0.05) is 5.16 Å². The highest BCUT2D eigenvalue weighted by Gasteiger charge is 2.56. The Hall–Kier alpha value is -3.13. The third-order valence-electron chi connectivity index (χ3n) is 4.58. The van der Waals surface area contributed by atoms with E-state index in [0.717, 1.165) is 16.9 Å². The van der Waals surface area contributed by atoms with Gasteiger partial charge in [0.1, 0.15) is 28.9 Å². The highest BCUT2D eigenvalue weighted by atomic mass is 32.2. The Balaban J connectivity index is 1.51. The molecule has 4 rings (SSSR count). The number of carboxylic acids is 1. The molecule has 0 saturated carbocycles. The standard InChI is InChI=1S/C16H15N5O7S2/c1-5-6-3-29-14-10(13(25)21(14)11(6)15(26)28-5)19-12(24)9(20-27-2-8(22)23)7-4-30-16(17)18-7/h4-5,10,14H,2-3H2,1H3,(H2,17,18)(H,19,24)(H,22,23)/b20-9-/t5?,10-,14-/m1/s1. The summed E-state index contributed by atoms with van der Waals surface area (Å²) in [5.41, 5.74) is 6.35. The van der Waals surface area contributed by atoms with Crippen LogP contribution in [0.2, 0.25) is 0 Å². The molecule has 158 valence electrons. The van der Waals surface area contributed by atoms with Crippen LogP contribution in [0.15, 0.2) is 21.8 Å². The maximum atomic E-state index is 12.8. The molecule has 1 unspecified atom stereocenters. The van der Waals surface area contributed by atoms with Crippen molar-refractivity contribution >= 4 is 57.7 Å². The van der Waals surface area contributed by atoms with E-state index in [-0.39, 0.29) is 28.3 Å². The molecule has 3 aliphatic rings. The molecule has 4 N–H and O–H groups in total. The number of β-lactam (4-membered cyclic amide) rings is 1. The van der Waals surface area contributed by atoms with Crippen molar-refractivity contribution in [2.24, 2.45) is 5.16 Å². The summed E-state index contributed by atoms with van der Waals surface area (Å²) in [6.07, 6.45) is -0.386. The SMILES string of the molecule is CC1OC(=O)C2=C1CS[C@@H]1[C@H](NC(=O)/C(=N\OCC(=O)O)c3csc(N)n3)C(=O)N21. The number of anilines is 1. The quantitative estimate of drug-likeness (QED) is 0.213. The van der Waals surface area contributed by atoms with Crippen LogP contribution < -0.4 is 11.1 Å². The second-order valence-corrected chi connectivity index (χ2v) is 8.46. The summed E-state index contributed by atoms with van der Waals surface area (Å²) in [6, 6.07) is -0.902. The lowest BCUT2D eigenvalue weighted by Gasteiger charge is -2.48. The third-order valence-corrected chi connectivity index (χ3v) is 6.55. The van der Waals surface area contributed by atoms with Gasteiger partial charge in [0.05, 0.1) is 0 Å². The van der Waals surface area contributed by atoms with Crippen LogP contribution in [0.4, 0.5) is 5.13 Å². The third kappa shape index (κ3) is 3.37. The second-order valence-electron chi connectivity index (χ2n) is 6.46. The van der Waals surface area contributed by atoms with Crippen LogP contribution >= 0.6 is 23.1 Å². The monoisotopic (exact) mass is 453 g/mol. The predicted octanol–water partition coefficient (Wildman–Crippen LogP) is -0.870. The number of carboxylic acid groups (broad SMARTS) is 1. The normalized spacial score (nSPS) is 25.3. The number of nitrogen functional groups attached to an aromatic ring is 1. The van der Waals surface area contributed by atoms with Crippen LogP contribution in [0.1, 0.15) is 12.6 Å². The molecule has 2 amide bonds. The van der Waals surface area contributed by atoms with Crippen molar-refractivity contribution in [2.75, 3.05) is 18.1 Å². The Bertz CT molecular complexity index is 1020. The van der Waals surface area contributed by atoms with Gasteiger partial charge in [-0.2, -0.15) is 0 Å². The van der Waals surface area contributed by atoms with Crippen molar-refractivity contribution in [2.45, 2.75) is 24.4 Å². The smallest absolute Gasteiger partial charge is 0.355 e. The fraction of sp³-hybridized carbons (Fsp3) is 0.375. The number of thioether (sulfide) groups is 1. The Morgan fingerprint density at radius 1 is 1.50 bits per heavy atom. The molecule has 0 radical (unpaired) electrons. The average molecular weight is 453 g/mol. The van der Waals surface area contributed by atoms with Crippen LogP contribution in [0.25, 0.3) is 0 Å². The van der Waals surface area contributed by atoms with Crippen LogP contribution in [-0.4, -0.2) is 74.3 Å². The Labute approximate surface area is 177 Å². The van der Waals surface area contributed by atoms with Gasteiger partial charge in [-0.3, -0.25) is 14.5 Å². The van der Waals surface area contributed by atoms with E-state index in [0.29, 0.717) is 5.75 Å². The summed E-state index contributed by atoms with van der Waals surface area (Å²) >= 11 is 2.46. The number of fused-ring (bicyclic) bond motifs is 2. The van der Waals surface area contributed by atoms with Gasteiger partial charge in [-0.05, 0) is 6.92 Å². The molecule has 30 heavy (non-hydrogen) atoms. The van der Waals surface area contributed by atoms with Crippen LogP contribution in [0.3, 0.4) is 0 Å². The van der Waals surface area contributed by atoms with E-state index in [1.165, 1.54) is 22.0 Å². The fourth-order valence-electron chi connectivity index (χ4n) is 3.19. The number of thiazole rings is 1. The topological polar surface area (TPSA) is 174 Å². The molecule has 1 aromatic rings. The van der Waals surface area contributed by atoms with E-state index in [2.05, 4.69) is 20.3 Å². The minimum atomic E-state index is -1.28. The van der Waals surface area contributed by atoms with Crippen molar-refractivity contribution in [1.29, 1.82) is 0 Å². The number of oxime groups is 1. The number of nitrogens with one attached hydrogen (secondary N) is 1. The van der Waals surface area contributed by atoms with E-state index >= 15 is 0 Å². The first-order valence-electron chi connectivity index (χ1n) is 8.60. The average Bonchev–Trinajstić information content (AvgIpc) is 3.24. The zero-order valence-electron chi connectivity index (χ0n) is 15.4. The van der Waals surface area contributed by atoms with Gasteiger partial charge in [0.25, 0.3) is 11.8 Å². The number of hydrogen-bond acceptors (Lipinski definition) is 11. The van der Waals surface area contributed by atoms with E-state index in [1.807, 2.05) is 0 Å². The molecular formula is C16H15N5O7S2. The van der Waals surface area contributed by atoms with Gasteiger partial charge in [0.15, 0.2) is 10.8 Å². The van der Waals surface area contributed by atoms with Gasteiger partial charge in [0.2, 0.25) is 6.61 Å². The maximum Gasteiger partial charge on any atom is 0.355 e. The van der Waals surface area contributed by atoms with Gasteiger partial charge in [-0.25, -0.2) is 14.6 Å². The molecule has 1 aromatic heterocycles. The number of carbonyl (C=O) groups excluding carboxylic acids is 3. The molecule has 1 saturated heterocycles. The van der Waals surface area contributed by atoms with E-state index < -0.39 is 41.8 Å². The number of carbonyl (C=O) groups is 4. The summed E-state index contributed by atoms with van der Waals surface area (Å²) in [4.78, 5) is 58.1. The molecule has 14 heteroatoms. The minimum absolute atomic E-state index is 0.0819. The summed E-state index contributed by atoms with van der Waals surface area (Å²) in [5, 5.41) is 16.0. The van der Waals surface area contributed by atoms with Crippen molar-refractivity contribution in [3.8, 4) is 0 Å². The first kappa shape index (κ1) is 20.2. The molecule has 12 nitrogen and oxygen atoms in total. The number of amides is 2. The van der Waals surface area contributed by atoms with Gasteiger partial charge in [0, 0.05) is 16.7 Å². The van der Waals surface area contributed by atoms with Crippen molar-refractivity contribution < 1.29 is 33.9 Å². The number of aliphatic carboxylic acids is 1. The number of rotatable bonds is 6. The van der Waals surface area contributed by atoms with Crippen LogP contribution in [-0.2, 0) is 28.8 Å². The van der Waals surface area contributed by atoms with Gasteiger partial charge < -0.3 is 25.7 Å². The summed E-state index contributed by atoms with van der Waals surface area (Å²) < 4.78 is 5.18. The summed E-state index contributed by atoms with van der Waals surface area (Å²) in [7, 11) is 0. The van der Waals surface area contributed by atoms with Gasteiger partial charge in [-0.15, -0.1) is 23.1 Å². The minimum Gasteiger partial charge on any atom is -0.479 e. The maximum absolute atomic E-state index is 12.8. The first-order valence-corrected chi connectivity index (χ1v) is 10.5. The molecule has 3 aliphatic heterocycles. The van der Waals surface area contributed by atoms with E-state index in [9.17, 15) is 19.2 Å². The number of aromatic nitrogens is 1. The number of esters is 1. The predicted molar refractivity (Wildman–Crippen MR) is 104 cm³/mol. The zero-order chi connectivity index (χ0) is 21.6. The summed E-state index contributed by atoms with van der Waals surface area (Å²) in [6.45, 7) is 0.978. The fourth-order valence-corrected chi connectivity index (χ4v) is 5.20. The number of cyclic esters (lactones) is 1.